The third kappa shape index (κ3) is 11.8. The molecule has 0 atom stereocenters. The van der Waals surface area contributed by atoms with Gasteiger partial charge in [-0.2, -0.15) is 0 Å². The van der Waals surface area contributed by atoms with Gasteiger partial charge in [0.15, 0.2) is 11.7 Å². The lowest BCUT2D eigenvalue weighted by Crippen LogP contribution is -2.47. The van der Waals surface area contributed by atoms with Crippen molar-refractivity contribution in [2.24, 2.45) is 15.7 Å². The monoisotopic (exact) mass is 642 g/mol. The number of hydrogen-bond acceptors (Lipinski definition) is 12. The number of carbonyl (C=O) groups is 1. The van der Waals surface area contributed by atoms with E-state index in [2.05, 4.69) is 25.9 Å². The highest BCUT2D eigenvalue weighted by Gasteiger charge is 2.20. The summed E-state index contributed by atoms with van der Waals surface area (Å²) in [5.41, 5.74) is 9.11. The van der Waals surface area contributed by atoms with Gasteiger partial charge in [-0.15, -0.1) is 0 Å². The smallest absolute Gasteiger partial charge is 0.222 e. The molecule has 15 nitrogen and oxygen atoms in total. The van der Waals surface area contributed by atoms with E-state index < -0.39 is 15.1 Å². The zero-order valence-corrected chi connectivity index (χ0v) is 26.0. The number of nitrogens with two attached hydrogens (primary N) is 1. The van der Waals surface area contributed by atoms with Crippen LogP contribution in [0.3, 0.4) is 0 Å². The van der Waals surface area contributed by atoms with Gasteiger partial charge in [0.05, 0.1) is 50.9 Å². The van der Waals surface area contributed by atoms with Gasteiger partial charge in [0.2, 0.25) is 5.78 Å². The minimum absolute atomic E-state index is 0.0486. The molecule has 0 unspecified atom stereocenters. The Kier molecular flexibility index (Phi) is 14.5. The van der Waals surface area contributed by atoms with Crippen LogP contribution < -0.4 is 21.7 Å². The summed E-state index contributed by atoms with van der Waals surface area (Å²) >= 11 is 0. The standard InChI is InChI=1S/C31H46N8O7/c32-30-29(44)23-28(35-26-7-3-24(4-8-26)33-11-1-13-38(45,15-19-40)16-20-41)31(37-30)36-27-9-5-25(6-10-27)34-12-2-14-39(46,17-21-42)18-22-43/h3-10,23,33-35,40-43H,1-2,11-22H2,(H2,32,36,37). The molecule has 15 heteroatoms. The number of amidine groups is 2. The van der Waals surface area contributed by atoms with Gasteiger partial charge in [0.1, 0.15) is 26.2 Å². The number of nitrogens with one attached hydrogen (secondary N) is 3. The molecule has 0 saturated heterocycles. The van der Waals surface area contributed by atoms with E-state index >= 15 is 0 Å². The van der Waals surface area contributed by atoms with Crippen molar-refractivity contribution >= 4 is 40.2 Å². The molecule has 2 aromatic rings. The summed E-state index contributed by atoms with van der Waals surface area (Å²) < 4.78 is -1.27. The van der Waals surface area contributed by atoms with Gasteiger partial charge in [-0.1, -0.05) is 0 Å². The molecule has 3 rings (SSSR count). The first-order valence-electron chi connectivity index (χ1n) is 15.3. The number of aliphatic hydroxyl groups is 4. The molecule has 9 N–H and O–H groups in total. The fourth-order valence-corrected chi connectivity index (χ4v) is 4.88. The Morgan fingerprint density at radius 2 is 1.13 bits per heavy atom. The summed E-state index contributed by atoms with van der Waals surface area (Å²) in [6.45, 7) is 0.920. The second-order valence-corrected chi connectivity index (χ2v) is 11.0. The molecule has 0 spiro atoms. The molecule has 1 heterocycles. The van der Waals surface area contributed by atoms with Crippen LogP contribution in [0.2, 0.25) is 0 Å². The van der Waals surface area contributed by atoms with Crippen LogP contribution in [0.4, 0.5) is 22.7 Å². The van der Waals surface area contributed by atoms with E-state index in [1.807, 2.05) is 36.4 Å². The number of hydrogen-bond donors (Lipinski definition) is 8. The van der Waals surface area contributed by atoms with E-state index in [9.17, 15) is 15.2 Å². The first kappa shape index (κ1) is 36.5. The number of quaternary nitrogens is 2. The highest BCUT2D eigenvalue weighted by atomic mass is 16.6. The molecule has 0 bridgehead atoms. The van der Waals surface area contributed by atoms with E-state index in [-0.39, 0.29) is 77.4 Å². The Bertz CT molecular complexity index is 1320. The van der Waals surface area contributed by atoms with E-state index in [4.69, 9.17) is 26.2 Å². The number of ketones is 1. The molecular weight excluding hydrogens is 596 g/mol. The SMILES string of the molecule is NC1=N/C(=N\c2ccc(NCCC[N+]([O-])(CCO)CCO)cc2)C(Nc2ccc(NCCC[N+]([O-])(CCO)CCO)cc2)=CC1=O. The predicted molar refractivity (Wildman–Crippen MR) is 179 cm³/mol. The maximum absolute atomic E-state index is 12.6. The van der Waals surface area contributed by atoms with Gasteiger partial charge in [-0.3, -0.25) is 4.79 Å². The molecule has 0 aliphatic carbocycles. The molecule has 1 aliphatic rings. The molecule has 0 aromatic heterocycles. The maximum atomic E-state index is 12.6. The third-order valence-corrected chi connectivity index (χ3v) is 7.43. The first-order valence-corrected chi connectivity index (χ1v) is 15.3. The highest BCUT2D eigenvalue weighted by Crippen LogP contribution is 2.22. The number of rotatable bonds is 21. The number of aliphatic imine (C=N–C) groups is 2. The van der Waals surface area contributed by atoms with Crippen LogP contribution >= 0.6 is 0 Å². The van der Waals surface area contributed by atoms with Crippen LogP contribution in [0.25, 0.3) is 0 Å². The second-order valence-electron chi connectivity index (χ2n) is 11.0. The van der Waals surface area contributed by atoms with Gasteiger partial charge < -0.3 is 61.8 Å². The topological polar surface area (TPSA) is 231 Å². The van der Waals surface area contributed by atoms with E-state index in [1.165, 1.54) is 6.08 Å². The first-order chi connectivity index (χ1) is 22.1. The summed E-state index contributed by atoms with van der Waals surface area (Å²) in [6, 6.07) is 14.6. The fraction of sp³-hybridized carbons (Fsp3) is 0.452. The van der Waals surface area contributed by atoms with Crippen molar-refractivity contribution in [1.29, 1.82) is 0 Å². The van der Waals surface area contributed by atoms with E-state index in [0.717, 1.165) is 11.4 Å². The maximum Gasteiger partial charge on any atom is 0.222 e. The zero-order chi connectivity index (χ0) is 33.4. The number of nitrogens with zero attached hydrogens (tertiary/aromatic N) is 4. The lowest BCUT2D eigenvalue weighted by Gasteiger charge is -2.42. The van der Waals surface area contributed by atoms with Crippen molar-refractivity contribution < 1.29 is 34.5 Å². The number of benzene rings is 2. The molecule has 2 aromatic carbocycles. The summed E-state index contributed by atoms with van der Waals surface area (Å²) in [5.74, 6) is -0.369. The molecule has 252 valence electrons. The molecule has 0 radical (unpaired) electrons. The Balaban J connectivity index is 1.56. The van der Waals surface area contributed by atoms with E-state index in [1.54, 1.807) is 12.1 Å². The number of dihydropyridines is 1. The van der Waals surface area contributed by atoms with Gasteiger partial charge in [-0.05, 0) is 48.5 Å². The second kappa shape index (κ2) is 18.3. The van der Waals surface area contributed by atoms with Gasteiger partial charge in [-0.25, -0.2) is 9.98 Å². The Morgan fingerprint density at radius 3 is 1.59 bits per heavy atom. The molecule has 0 saturated carbocycles. The average molecular weight is 643 g/mol. The number of carbonyl (C=O) groups excluding carboxylic acids is 1. The normalized spacial score (nSPS) is 14.7. The lowest BCUT2D eigenvalue weighted by molar-refractivity contribution is -0.881. The quantitative estimate of drug-likeness (QED) is 0.0540. The van der Waals surface area contributed by atoms with Crippen molar-refractivity contribution in [2.45, 2.75) is 12.8 Å². The summed E-state index contributed by atoms with van der Waals surface area (Å²) in [5, 5.41) is 71.3. The average Bonchev–Trinajstić information content (AvgIpc) is 3.02. The van der Waals surface area contributed by atoms with Crippen LogP contribution in [0.5, 0.6) is 0 Å². The van der Waals surface area contributed by atoms with E-state index in [0.29, 0.717) is 43.0 Å². The van der Waals surface area contributed by atoms with Crippen molar-refractivity contribution in [3.63, 3.8) is 0 Å². The minimum atomic E-state index is -0.634. The molecule has 0 fully saturated rings. The van der Waals surface area contributed by atoms with Crippen molar-refractivity contribution in [3.8, 4) is 0 Å². The summed E-state index contributed by atoms with van der Waals surface area (Å²) in [6.07, 6.45) is 2.47. The lowest BCUT2D eigenvalue weighted by atomic mass is 10.2. The number of hydroxylamine groups is 6. The largest absolute Gasteiger partial charge is 0.633 e. The van der Waals surface area contributed by atoms with Gasteiger partial charge in [0.25, 0.3) is 0 Å². The van der Waals surface area contributed by atoms with Crippen molar-refractivity contribution in [3.05, 3.63) is 70.7 Å². The van der Waals surface area contributed by atoms with Crippen LogP contribution in [-0.2, 0) is 4.79 Å². The Hall–Kier alpha value is -3.93. The Labute approximate surface area is 268 Å². The van der Waals surface area contributed by atoms with Gasteiger partial charge >= 0.3 is 0 Å². The van der Waals surface area contributed by atoms with Crippen LogP contribution in [0.1, 0.15) is 12.8 Å². The molecule has 1 aliphatic heterocycles. The van der Waals surface area contributed by atoms with Crippen LogP contribution in [-0.4, -0.2) is 126 Å². The number of aliphatic hydroxyl groups excluding tert-OH is 4. The van der Waals surface area contributed by atoms with Crippen LogP contribution in [0, 0.1) is 10.4 Å². The van der Waals surface area contributed by atoms with Gasteiger partial charge in [0, 0.05) is 49.1 Å². The summed E-state index contributed by atoms with van der Waals surface area (Å²) in [4.78, 5) is 21.1. The number of anilines is 3. The zero-order valence-electron chi connectivity index (χ0n) is 26.0. The highest BCUT2D eigenvalue weighted by molar-refractivity contribution is 6.47. The summed E-state index contributed by atoms with van der Waals surface area (Å²) in [7, 11) is 0. The molecular formula is C31H46N8O7. The van der Waals surface area contributed by atoms with Crippen LogP contribution in [0.15, 0.2) is 70.3 Å². The third-order valence-electron chi connectivity index (χ3n) is 7.43. The Morgan fingerprint density at radius 1 is 0.696 bits per heavy atom. The molecule has 46 heavy (non-hydrogen) atoms. The minimum Gasteiger partial charge on any atom is -0.633 e. The predicted octanol–water partition coefficient (Wildman–Crippen LogP) is 0.855. The fourth-order valence-electron chi connectivity index (χ4n) is 4.88. The van der Waals surface area contributed by atoms with Crippen molar-refractivity contribution in [2.75, 3.05) is 94.7 Å². The molecule has 0 amide bonds. The van der Waals surface area contributed by atoms with Crippen molar-refractivity contribution in [1.82, 2.24) is 0 Å².